The number of rotatable bonds is 1. The molecule has 5 heteroatoms. The van der Waals surface area contributed by atoms with Crippen molar-refractivity contribution in [3.05, 3.63) is 18.2 Å². The first-order valence-corrected chi connectivity index (χ1v) is 6.18. The van der Waals surface area contributed by atoms with E-state index in [4.69, 9.17) is 4.74 Å². The summed E-state index contributed by atoms with van der Waals surface area (Å²) in [5, 5.41) is 0.785. The van der Waals surface area contributed by atoms with Crippen molar-refractivity contribution in [3.63, 3.8) is 0 Å². The van der Waals surface area contributed by atoms with Crippen LogP contribution in [0.5, 0.6) is 5.75 Å². The van der Waals surface area contributed by atoms with Gasteiger partial charge in [-0.2, -0.15) is 0 Å². The van der Waals surface area contributed by atoms with Crippen LogP contribution in [0.4, 0.5) is 0 Å². The van der Waals surface area contributed by atoms with Crippen molar-refractivity contribution in [2.75, 3.05) is 7.11 Å². The predicted octanol–water partition coefficient (Wildman–Crippen LogP) is 0.997. The van der Waals surface area contributed by atoms with Gasteiger partial charge in [0.15, 0.2) is 0 Å². The van der Waals surface area contributed by atoms with Crippen LogP contribution in [0.1, 0.15) is 0 Å². The molecule has 0 fully saturated rings. The Labute approximate surface area is 97.6 Å². The van der Waals surface area contributed by atoms with E-state index in [9.17, 15) is 0 Å². The van der Waals surface area contributed by atoms with Crippen molar-refractivity contribution in [2.24, 2.45) is 0 Å². The quantitative estimate of drug-likeness (QED) is 0.584. The zero-order valence-electron chi connectivity index (χ0n) is 7.06. The summed E-state index contributed by atoms with van der Waals surface area (Å²) >= 11 is 4.95. The standard InChI is InChI=1S/C8H7N2OS.Pb.H/c1-11-5-2-3-6-7(4-5)10-8(12)9-6;;/h2-4H,1H3,(H-,9,10,12);;/q-1;+1;. The van der Waals surface area contributed by atoms with Gasteiger partial charge in [0.25, 0.3) is 0 Å². The van der Waals surface area contributed by atoms with Gasteiger partial charge in [-0.3, -0.25) is 0 Å². The molecule has 13 heavy (non-hydrogen) atoms. The predicted molar refractivity (Wildman–Crippen MR) is 56.1 cm³/mol. The van der Waals surface area contributed by atoms with Crippen LogP contribution in [0, 0.1) is 0 Å². The Balaban J connectivity index is 2.75. The molecule has 0 aliphatic carbocycles. The maximum absolute atomic E-state index is 5.14. The van der Waals surface area contributed by atoms with E-state index in [1.54, 1.807) is 7.11 Å². The van der Waals surface area contributed by atoms with Crippen LogP contribution in [0.15, 0.2) is 23.4 Å². The van der Waals surface area contributed by atoms with Gasteiger partial charge in [0.1, 0.15) is 0 Å². The minimum atomic E-state index is 0.676. The van der Waals surface area contributed by atoms with Crippen LogP contribution in [0.2, 0.25) is 0 Å². The summed E-state index contributed by atoms with van der Waals surface area (Å²) in [5.41, 5.74) is 2.09. The van der Waals surface area contributed by atoms with E-state index in [1.165, 1.54) is 0 Å². The molecule has 1 aromatic heterocycles. The van der Waals surface area contributed by atoms with Crippen LogP contribution in [0.25, 0.3) is 11.0 Å². The Morgan fingerprint density at radius 3 is 3.00 bits per heavy atom. The Hall–Kier alpha value is -0.238. The molecule has 0 saturated carbocycles. The molecule has 0 unspecified atom stereocenters. The molecule has 1 heterocycles. The van der Waals surface area contributed by atoms with Gasteiger partial charge in [0.05, 0.1) is 0 Å². The number of aromatic nitrogens is 2. The molecule has 0 atom stereocenters. The van der Waals surface area contributed by atoms with Crippen LogP contribution >= 0.6 is 12.6 Å². The topological polar surface area (TPSA) is 27.1 Å². The number of ether oxygens (including phenoxy) is 1. The molecule has 66 valence electrons. The van der Waals surface area contributed by atoms with Crippen LogP contribution < -0.4 is 4.74 Å². The van der Waals surface area contributed by atoms with Gasteiger partial charge in [-0.15, -0.1) is 0 Å². The van der Waals surface area contributed by atoms with E-state index in [0.29, 0.717) is 26.1 Å². The van der Waals surface area contributed by atoms with Crippen molar-refractivity contribution in [2.45, 2.75) is 5.16 Å². The van der Waals surface area contributed by atoms with E-state index < -0.39 is 0 Å². The zero-order valence-corrected chi connectivity index (χ0v) is 12.4. The molecule has 0 aliphatic rings. The van der Waals surface area contributed by atoms with Crippen molar-refractivity contribution in [1.29, 1.82) is 0 Å². The fraction of sp³-hybridized carbons (Fsp3) is 0.125. The number of nitrogens with zero attached hydrogens (tertiary/aromatic N) is 2. The van der Waals surface area contributed by atoms with Gasteiger partial charge in [0.2, 0.25) is 0 Å². The number of benzene rings is 1. The normalized spacial score (nSPS) is 10.7. The number of fused-ring (bicyclic) bond motifs is 1. The van der Waals surface area contributed by atoms with E-state index in [0.717, 1.165) is 21.9 Å². The van der Waals surface area contributed by atoms with Crippen LogP contribution in [-0.4, -0.2) is 40.5 Å². The molecule has 1 aromatic carbocycles. The molecule has 0 amide bonds. The number of imidazole rings is 1. The summed E-state index contributed by atoms with van der Waals surface area (Å²) in [6.45, 7) is 0. The van der Waals surface area contributed by atoms with Crippen molar-refractivity contribution >= 4 is 49.7 Å². The van der Waals surface area contributed by atoms with E-state index in [-0.39, 0.29) is 0 Å². The fourth-order valence-corrected chi connectivity index (χ4v) is 2.43. The van der Waals surface area contributed by atoms with Crippen molar-refractivity contribution in [1.82, 2.24) is 7.36 Å². The number of methoxy groups -OCH3 is 1. The van der Waals surface area contributed by atoms with Gasteiger partial charge in [-0.25, -0.2) is 0 Å². The summed E-state index contributed by atoms with van der Waals surface area (Å²) in [5.74, 6) is 0.864. The average molecular weight is 387 g/mol. The van der Waals surface area contributed by atoms with Crippen LogP contribution in [-0.2, 0) is 0 Å². The number of hydrogen-bond donors (Lipinski definition) is 1. The summed E-state index contributed by atoms with van der Waals surface area (Å²) in [6.07, 6.45) is 0. The summed E-state index contributed by atoms with van der Waals surface area (Å²) < 4.78 is 7.22. The number of thiol groups is 1. The molecule has 0 N–H and O–H groups in total. The minimum absolute atomic E-state index is 0.676. The Bertz CT molecular complexity index is 455. The third-order valence-corrected chi connectivity index (χ3v) is 5.07. The first-order chi connectivity index (χ1) is 6.22. The second kappa shape index (κ2) is 3.49. The molecule has 2 aromatic rings. The van der Waals surface area contributed by atoms with Gasteiger partial charge in [-0.1, -0.05) is 0 Å². The molecule has 2 radical (unpaired) electrons. The molecule has 2 rings (SSSR count). The van der Waals surface area contributed by atoms with E-state index in [1.807, 2.05) is 18.2 Å². The molecule has 0 bridgehead atoms. The van der Waals surface area contributed by atoms with Crippen LogP contribution in [0.3, 0.4) is 0 Å². The maximum atomic E-state index is 5.14. The molecule has 0 saturated heterocycles. The van der Waals surface area contributed by atoms with Gasteiger partial charge in [-0.05, 0) is 0 Å². The molecular formula is C8H8N2OPbS. The summed E-state index contributed by atoms with van der Waals surface area (Å²) in [6, 6.07) is 5.85. The third kappa shape index (κ3) is 1.57. The van der Waals surface area contributed by atoms with Gasteiger partial charge >= 0.3 is 98.0 Å². The fourth-order valence-electron chi connectivity index (χ4n) is 1.19. The SMILES string of the molecule is COc1ccc2nc(S)[n]([PbH])c2c1. The van der Waals surface area contributed by atoms with Gasteiger partial charge in [0, 0.05) is 0 Å². The van der Waals surface area contributed by atoms with Crippen molar-refractivity contribution in [3.8, 4) is 5.75 Å². The monoisotopic (exact) mass is 388 g/mol. The Morgan fingerprint density at radius 2 is 2.31 bits per heavy atom. The number of hydrogen-bond acceptors (Lipinski definition) is 3. The van der Waals surface area contributed by atoms with E-state index >= 15 is 0 Å². The van der Waals surface area contributed by atoms with Crippen molar-refractivity contribution < 1.29 is 4.74 Å². The third-order valence-electron chi connectivity index (χ3n) is 1.88. The molecule has 0 spiro atoms. The second-order valence-electron chi connectivity index (χ2n) is 2.64. The zero-order chi connectivity index (χ0) is 9.42. The van der Waals surface area contributed by atoms with Gasteiger partial charge < -0.3 is 0 Å². The molecule has 3 nitrogen and oxygen atoms in total. The second-order valence-corrected chi connectivity index (χ2v) is 5.04. The van der Waals surface area contributed by atoms with E-state index in [2.05, 4.69) is 20.0 Å². The first kappa shape index (κ1) is 9.32. The summed E-state index contributed by atoms with van der Waals surface area (Å²) in [7, 11) is 1.67. The average Bonchev–Trinajstić information content (AvgIpc) is 2.43. The molecular weight excluding hydrogens is 379 g/mol. The molecule has 0 aliphatic heterocycles. The Morgan fingerprint density at radius 1 is 1.54 bits per heavy atom. The summed E-state index contributed by atoms with van der Waals surface area (Å²) in [4.78, 5) is 4.30. The Kier molecular flexibility index (Phi) is 2.50. The first-order valence-electron chi connectivity index (χ1n) is 3.73.